The lowest BCUT2D eigenvalue weighted by Gasteiger charge is -2.38. The van der Waals surface area contributed by atoms with Crippen molar-refractivity contribution >= 4 is 32.7 Å². The number of aromatic nitrogens is 1. The maximum Gasteiger partial charge on any atom is 0.310 e. The molecule has 140 valence electrons. The lowest BCUT2D eigenvalue weighted by atomic mass is 10.0. The number of thiazole rings is 1. The van der Waals surface area contributed by atoms with Crippen LogP contribution in [0.2, 0.25) is 0 Å². The van der Waals surface area contributed by atoms with Crippen LogP contribution in [0.25, 0.3) is 10.2 Å². The van der Waals surface area contributed by atoms with Crippen molar-refractivity contribution in [1.82, 2.24) is 4.98 Å². The number of rotatable bonds is 5. The zero-order valence-corrected chi connectivity index (χ0v) is 16.1. The quantitative estimate of drug-likeness (QED) is 0.606. The number of hydrogen-bond acceptors (Lipinski definition) is 5. The lowest BCUT2D eigenvalue weighted by molar-refractivity contribution is -0.149. The fraction of sp³-hybridized carbons (Fsp3) is 0.333. The summed E-state index contributed by atoms with van der Waals surface area (Å²) in [4.78, 5) is 18.7. The van der Waals surface area contributed by atoms with E-state index in [1.165, 1.54) is 29.0 Å². The van der Waals surface area contributed by atoms with Crippen LogP contribution in [0.3, 0.4) is 0 Å². The van der Waals surface area contributed by atoms with Crippen molar-refractivity contribution in [3.05, 3.63) is 59.4 Å². The highest BCUT2D eigenvalue weighted by molar-refractivity contribution is 7.22. The summed E-state index contributed by atoms with van der Waals surface area (Å²) in [6.45, 7) is 5.54. The molecule has 1 saturated heterocycles. The van der Waals surface area contributed by atoms with E-state index in [1.807, 2.05) is 12.1 Å². The number of hydrogen-bond donors (Lipinski definition) is 0. The van der Waals surface area contributed by atoms with Crippen molar-refractivity contribution in [2.24, 2.45) is 0 Å². The zero-order chi connectivity index (χ0) is 19.0. The third-order valence-electron chi connectivity index (χ3n) is 4.75. The van der Waals surface area contributed by atoms with Gasteiger partial charge in [-0.2, -0.15) is 0 Å². The number of ether oxygens (including phenoxy) is 1. The number of anilines is 1. The topological polar surface area (TPSA) is 42.4 Å². The molecule has 1 aliphatic rings. The predicted octanol–water partition coefficient (Wildman–Crippen LogP) is 4.53. The number of fused-ring (bicyclic) bond motifs is 1. The second kappa shape index (κ2) is 7.27. The highest BCUT2D eigenvalue weighted by Gasteiger charge is 2.32. The Hall–Kier alpha value is -2.47. The number of carbonyl (C=O) groups is 1. The summed E-state index contributed by atoms with van der Waals surface area (Å²) >= 11 is 1.46. The smallest absolute Gasteiger partial charge is 0.310 e. The molecule has 0 spiro atoms. The van der Waals surface area contributed by atoms with Gasteiger partial charge in [0, 0.05) is 0 Å². The standard InChI is InChI=1S/C21H21FN2O2S/c1-13(2)15-5-3-14(4-6-15)9-20(25)26-17-11-24(12-17)21-23-18-8-7-16(22)10-19(18)27-21/h3-8,10,13,17H,9,11-12H2,1-2H3. The van der Waals surface area contributed by atoms with E-state index < -0.39 is 0 Å². The van der Waals surface area contributed by atoms with Crippen LogP contribution < -0.4 is 4.90 Å². The Labute approximate surface area is 161 Å². The van der Waals surface area contributed by atoms with Gasteiger partial charge in [-0.1, -0.05) is 49.4 Å². The summed E-state index contributed by atoms with van der Waals surface area (Å²) in [7, 11) is 0. The minimum absolute atomic E-state index is 0.115. The summed E-state index contributed by atoms with van der Waals surface area (Å²) in [6.07, 6.45) is 0.172. The second-order valence-corrected chi connectivity index (χ2v) is 8.21. The second-order valence-electron chi connectivity index (χ2n) is 7.20. The molecule has 0 radical (unpaired) electrons. The SMILES string of the molecule is CC(C)c1ccc(CC(=O)OC2CN(c3nc4ccc(F)cc4s3)C2)cc1. The Bertz CT molecular complexity index is 962. The average Bonchev–Trinajstić information content (AvgIpc) is 3.00. The molecule has 2 aromatic carbocycles. The number of benzene rings is 2. The highest BCUT2D eigenvalue weighted by atomic mass is 32.1. The van der Waals surface area contributed by atoms with Gasteiger partial charge in [-0.15, -0.1) is 0 Å². The first-order valence-corrected chi connectivity index (χ1v) is 9.89. The van der Waals surface area contributed by atoms with E-state index in [9.17, 15) is 9.18 Å². The van der Waals surface area contributed by atoms with Crippen LogP contribution in [0, 0.1) is 5.82 Å². The minimum Gasteiger partial charge on any atom is -0.458 e. The maximum atomic E-state index is 13.3. The van der Waals surface area contributed by atoms with Gasteiger partial charge >= 0.3 is 5.97 Å². The van der Waals surface area contributed by atoms with E-state index in [1.54, 1.807) is 6.07 Å². The molecule has 27 heavy (non-hydrogen) atoms. The van der Waals surface area contributed by atoms with E-state index in [-0.39, 0.29) is 24.3 Å². The van der Waals surface area contributed by atoms with Crippen molar-refractivity contribution in [3.8, 4) is 0 Å². The summed E-state index contributed by atoms with van der Waals surface area (Å²) in [5.41, 5.74) is 3.02. The van der Waals surface area contributed by atoms with Crippen LogP contribution in [0.15, 0.2) is 42.5 Å². The third-order valence-corrected chi connectivity index (χ3v) is 5.83. The molecule has 0 N–H and O–H groups in total. The Balaban J connectivity index is 1.29. The Kier molecular flexibility index (Phi) is 4.83. The molecule has 2 heterocycles. The monoisotopic (exact) mass is 384 g/mol. The van der Waals surface area contributed by atoms with E-state index >= 15 is 0 Å². The van der Waals surface area contributed by atoms with Gasteiger partial charge in [0.1, 0.15) is 11.9 Å². The van der Waals surface area contributed by atoms with Crippen LogP contribution in [0.4, 0.5) is 9.52 Å². The fourth-order valence-corrected chi connectivity index (χ4v) is 4.11. The first-order chi connectivity index (χ1) is 13.0. The molecule has 0 aliphatic carbocycles. The number of esters is 1. The Morgan fingerprint density at radius 2 is 2.00 bits per heavy atom. The van der Waals surface area contributed by atoms with Crippen molar-refractivity contribution < 1.29 is 13.9 Å². The molecule has 1 fully saturated rings. The van der Waals surface area contributed by atoms with E-state index in [0.717, 1.165) is 20.9 Å². The van der Waals surface area contributed by atoms with Gasteiger partial charge in [0.15, 0.2) is 5.13 Å². The van der Waals surface area contributed by atoms with Crippen molar-refractivity contribution in [3.63, 3.8) is 0 Å². The van der Waals surface area contributed by atoms with Crippen molar-refractivity contribution in [1.29, 1.82) is 0 Å². The summed E-state index contributed by atoms with van der Waals surface area (Å²) in [5, 5.41) is 0.840. The van der Waals surface area contributed by atoms with Gasteiger partial charge in [0.05, 0.1) is 29.7 Å². The molecule has 4 nitrogen and oxygen atoms in total. The molecule has 4 rings (SSSR count). The van der Waals surface area contributed by atoms with Gasteiger partial charge in [0.2, 0.25) is 0 Å². The van der Waals surface area contributed by atoms with E-state index in [2.05, 4.69) is 35.9 Å². The highest BCUT2D eigenvalue weighted by Crippen LogP contribution is 2.32. The van der Waals surface area contributed by atoms with Gasteiger partial charge in [-0.05, 0) is 35.2 Å². The van der Waals surface area contributed by atoms with Crippen LogP contribution >= 0.6 is 11.3 Å². The average molecular weight is 384 g/mol. The molecular formula is C21H21FN2O2S. The fourth-order valence-electron chi connectivity index (χ4n) is 3.11. The van der Waals surface area contributed by atoms with Crippen molar-refractivity contribution in [2.75, 3.05) is 18.0 Å². The molecular weight excluding hydrogens is 363 g/mol. The van der Waals surface area contributed by atoms with Gasteiger partial charge in [-0.25, -0.2) is 9.37 Å². The van der Waals surface area contributed by atoms with Gasteiger partial charge in [0.25, 0.3) is 0 Å². The van der Waals surface area contributed by atoms with Crippen LogP contribution in [-0.2, 0) is 16.0 Å². The van der Waals surface area contributed by atoms with Crippen molar-refractivity contribution in [2.45, 2.75) is 32.3 Å². The lowest BCUT2D eigenvalue weighted by Crippen LogP contribution is -2.53. The molecule has 0 bridgehead atoms. The molecule has 1 aromatic heterocycles. The Morgan fingerprint density at radius 1 is 1.26 bits per heavy atom. The number of nitrogens with zero attached hydrogens (tertiary/aromatic N) is 2. The van der Waals surface area contributed by atoms with Crippen LogP contribution in [0.1, 0.15) is 30.9 Å². The number of halogens is 1. The molecule has 1 aliphatic heterocycles. The molecule has 0 atom stereocenters. The van der Waals surface area contributed by atoms with E-state index in [4.69, 9.17) is 4.74 Å². The summed E-state index contributed by atoms with van der Waals surface area (Å²) in [5.74, 6) is 0.0174. The maximum absolute atomic E-state index is 13.3. The molecule has 0 unspecified atom stereocenters. The van der Waals surface area contributed by atoms with Gasteiger partial charge in [-0.3, -0.25) is 4.79 Å². The number of carbonyl (C=O) groups excluding carboxylic acids is 1. The van der Waals surface area contributed by atoms with Crippen LogP contribution in [-0.4, -0.2) is 30.1 Å². The molecule has 6 heteroatoms. The summed E-state index contributed by atoms with van der Waals surface area (Å²) < 4.78 is 19.7. The predicted molar refractivity (Wildman–Crippen MR) is 106 cm³/mol. The van der Waals surface area contributed by atoms with E-state index in [0.29, 0.717) is 19.0 Å². The largest absolute Gasteiger partial charge is 0.458 e. The first kappa shape index (κ1) is 17.9. The first-order valence-electron chi connectivity index (χ1n) is 9.07. The van der Waals surface area contributed by atoms with Crippen LogP contribution in [0.5, 0.6) is 0 Å². The normalized spacial score (nSPS) is 14.6. The zero-order valence-electron chi connectivity index (χ0n) is 15.3. The third kappa shape index (κ3) is 3.95. The van der Waals surface area contributed by atoms with Gasteiger partial charge < -0.3 is 9.64 Å². The molecule has 0 amide bonds. The summed E-state index contributed by atoms with van der Waals surface area (Å²) in [6, 6.07) is 12.7. The Morgan fingerprint density at radius 3 is 2.70 bits per heavy atom. The minimum atomic E-state index is -0.255. The molecule has 0 saturated carbocycles. The molecule has 3 aromatic rings.